The number of morpholine rings is 1. The van der Waals surface area contributed by atoms with Crippen molar-refractivity contribution in [2.45, 2.75) is 12.7 Å². The lowest BCUT2D eigenvalue weighted by atomic mass is 10.1. The lowest BCUT2D eigenvalue weighted by Crippen LogP contribution is -2.46. The minimum absolute atomic E-state index is 0.0252. The number of carbonyl (C=O) groups is 1. The summed E-state index contributed by atoms with van der Waals surface area (Å²) in [5.74, 6) is 0.175. The summed E-state index contributed by atoms with van der Waals surface area (Å²) >= 11 is 5.72. The molecule has 0 bridgehead atoms. The lowest BCUT2D eigenvalue weighted by molar-refractivity contribution is -0.0498. The summed E-state index contributed by atoms with van der Waals surface area (Å²) in [5.41, 5.74) is 0.418. The Hall–Kier alpha value is -1.40. The summed E-state index contributed by atoms with van der Waals surface area (Å²) in [6.45, 7) is -1.52. The van der Waals surface area contributed by atoms with Crippen molar-refractivity contribution >= 4 is 17.5 Å². The van der Waals surface area contributed by atoms with Gasteiger partial charge in [0.15, 0.2) is 0 Å². The molecule has 0 radical (unpaired) electrons. The van der Waals surface area contributed by atoms with Gasteiger partial charge in [-0.15, -0.1) is 11.6 Å². The van der Waals surface area contributed by atoms with Crippen LogP contribution in [0.1, 0.15) is 10.4 Å². The number of hydrogen-bond donors (Lipinski definition) is 0. The first-order valence-corrected chi connectivity index (χ1v) is 6.65. The second kappa shape index (κ2) is 6.85. The molecule has 1 aromatic rings. The van der Waals surface area contributed by atoms with Gasteiger partial charge in [-0.05, 0) is 24.3 Å². The third-order valence-electron chi connectivity index (χ3n) is 2.92. The van der Waals surface area contributed by atoms with Gasteiger partial charge >= 0.3 is 6.61 Å². The van der Waals surface area contributed by atoms with E-state index in [1.807, 2.05) is 0 Å². The summed E-state index contributed by atoms with van der Waals surface area (Å²) in [5, 5.41) is 0. The molecule has 1 aliphatic rings. The zero-order chi connectivity index (χ0) is 14.5. The summed E-state index contributed by atoms with van der Waals surface area (Å²) in [6.07, 6.45) is -0.171. The van der Waals surface area contributed by atoms with Crippen LogP contribution in [0.25, 0.3) is 0 Å². The standard InChI is InChI=1S/C13H14ClF2NO3/c14-7-11-8-17(5-6-19-11)12(18)9-1-3-10(4-2-9)20-13(15)16/h1-4,11,13H,5-8H2. The number of rotatable bonds is 4. The molecular formula is C13H14ClF2NO3. The Balaban J connectivity index is 2.01. The average Bonchev–Trinajstić information content (AvgIpc) is 2.47. The van der Waals surface area contributed by atoms with Crippen LogP contribution in [0.5, 0.6) is 5.75 Å². The van der Waals surface area contributed by atoms with Gasteiger partial charge < -0.3 is 14.4 Å². The van der Waals surface area contributed by atoms with Gasteiger partial charge in [0, 0.05) is 18.7 Å². The third-order valence-corrected chi connectivity index (χ3v) is 3.27. The van der Waals surface area contributed by atoms with Crippen molar-refractivity contribution in [3.63, 3.8) is 0 Å². The van der Waals surface area contributed by atoms with E-state index in [2.05, 4.69) is 4.74 Å². The Morgan fingerprint density at radius 2 is 2.15 bits per heavy atom. The molecule has 110 valence electrons. The normalized spacial score (nSPS) is 19.2. The molecule has 20 heavy (non-hydrogen) atoms. The maximum absolute atomic E-state index is 12.2. The minimum atomic E-state index is -2.87. The number of nitrogens with zero attached hydrogens (tertiary/aromatic N) is 1. The van der Waals surface area contributed by atoms with Crippen LogP contribution in [0.3, 0.4) is 0 Å². The Labute approximate surface area is 120 Å². The Bertz CT molecular complexity index is 455. The predicted octanol–water partition coefficient (Wildman–Crippen LogP) is 2.37. The molecule has 0 aromatic heterocycles. The first-order valence-electron chi connectivity index (χ1n) is 6.12. The van der Waals surface area contributed by atoms with Crippen LogP contribution in [0.15, 0.2) is 24.3 Å². The van der Waals surface area contributed by atoms with Crippen LogP contribution in [0, 0.1) is 0 Å². The van der Waals surface area contributed by atoms with Gasteiger partial charge in [-0.25, -0.2) is 0 Å². The maximum Gasteiger partial charge on any atom is 0.387 e. The van der Waals surface area contributed by atoms with Crippen molar-refractivity contribution in [1.29, 1.82) is 0 Å². The van der Waals surface area contributed by atoms with Gasteiger partial charge in [0.2, 0.25) is 0 Å². The second-order valence-electron chi connectivity index (χ2n) is 4.30. The highest BCUT2D eigenvalue weighted by Crippen LogP contribution is 2.17. The molecule has 7 heteroatoms. The van der Waals surface area contributed by atoms with Crippen LogP contribution in [0.4, 0.5) is 8.78 Å². The highest BCUT2D eigenvalue weighted by Gasteiger charge is 2.24. The van der Waals surface area contributed by atoms with Gasteiger partial charge in [0.25, 0.3) is 5.91 Å². The number of alkyl halides is 3. The Kier molecular flexibility index (Phi) is 5.14. The molecule has 0 saturated carbocycles. The first-order chi connectivity index (χ1) is 9.60. The fourth-order valence-corrected chi connectivity index (χ4v) is 2.15. The zero-order valence-electron chi connectivity index (χ0n) is 10.6. The van der Waals surface area contributed by atoms with E-state index in [4.69, 9.17) is 16.3 Å². The molecule has 1 unspecified atom stereocenters. The molecule has 0 N–H and O–H groups in total. The van der Waals surface area contributed by atoms with Crippen LogP contribution in [-0.4, -0.2) is 49.1 Å². The first kappa shape index (κ1) is 15.0. The van der Waals surface area contributed by atoms with Crippen molar-refractivity contribution in [3.8, 4) is 5.75 Å². The van der Waals surface area contributed by atoms with Crippen LogP contribution in [-0.2, 0) is 4.74 Å². The smallest absolute Gasteiger partial charge is 0.387 e. The predicted molar refractivity (Wildman–Crippen MR) is 69.4 cm³/mol. The van der Waals surface area contributed by atoms with Gasteiger partial charge in [-0.3, -0.25) is 4.79 Å². The van der Waals surface area contributed by atoms with Crippen molar-refractivity contribution < 1.29 is 23.0 Å². The van der Waals surface area contributed by atoms with Gasteiger partial charge in [0.05, 0.1) is 18.6 Å². The van der Waals surface area contributed by atoms with Gasteiger partial charge in [-0.2, -0.15) is 8.78 Å². The molecular weight excluding hydrogens is 292 g/mol. The molecule has 4 nitrogen and oxygen atoms in total. The molecule has 1 amide bonds. The van der Waals surface area contributed by atoms with Crippen molar-refractivity contribution in [2.75, 3.05) is 25.6 Å². The van der Waals surface area contributed by atoms with Crippen molar-refractivity contribution in [2.24, 2.45) is 0 Å². The second-order valence-corrected chi connectivity index (χ2v) is 4.61. The summed E-state index contributed by atoms with van der Waals surface area (Å²) in [7, 11) is 0. The molecule has 1 aliphatic heterocycles. The quantitative estimate of drug-likeness (QED) is 0.802. The average molecular weight is 306 g/mol. The summed E-state index contributed by atoms with van der Waals surface area (Å²) in [6, 6.07) is 5.62. The highest BCUT2D eigenvalue weighted by molar-refractivity contribution is 6.18. The number of hydrogen-bond acceptors (Lipinski definition) is 3. The number of ether oxygens (including phenoxy) is 2. The summed E-state index contributed by atoms with van der Waals surface area (Å²) < 4.78 is 33.7. The molecule has 2 rings (SSSR count). The lowest BCUT2D eigenvalue weighted by Gasteiger charge is -2.32. The Morgan fingerprint density at radius 1 is 1.45 bits per heavy atom. The SMILES string of the molecule is O=C(c1ccc(OC(F)F)cc1)N1CCOC(CCl)C1. The van der Waals surface area contributed by atoms with E-state index in [0.717, 1.165) is 0 Å². The van der Waals surface area contributed by atoms with E-state index >= 15 is 0 Å². The number of halogens is 3. The third kappa shape index (κ3) is 3.80. The molecule has 1 saturated heterocycles. The van der Waals surface area contributed by atoms with E-state index in [1.165, 1.54) is 24.3 Å². The number of carbonyl (C=O) groups excluding carboxylic acids is 1. The molecule has 0 spiro atoms. The van der Waals surface area contributed by atoms with E-state index in [-0.39, 0.29) is 17.8 Å². The van der Waals surface area contributed by atoms with E-state index < -0.39 is 6.61 Å². The molecule has 1 heterocycles. The number of amides is 1. The minimum Gasteiger partial charge on any atom is -0.435 e. The maximum atomic E-state index is 12.2. The van der Waals surface area contributed by atoms with E-state index in [9.17, 15) is 13.6 Å². The zero-order valence-corrected chi connectivity index (χ0v) is 11.4. The topological polar surface area (TPSA) is 38.8 Å². The fourth-order valence-electron chi connectivity index (χ4n) is 1.96. The fraction of sp³-hybridized carbons (Fsp3) is 0.462. The monoisotopic (exact) mass is 305 g/mol. The highest BCUT2D eigenvalue weighted by atomic mass is 35.5. The van der Waals surface area contributed by atoms with E-state index in [0.29, 0.717) is 31.1 Å². The van der Waals surface area contributed by atoms with Crippen molar-refractivity contribution in [3.05, 3.63) is 29.8 Å². The van der Waals surface area contributed by atoms with E-state index in [1.54, 1.807) is 4.90 Å². The molecule has 1 fully saturated rings. The summed E-state index contributed by atoms with van der Waals surface area (Å²) in [4.78, 5) is 13.9. The molecule has 1 aromatic carbocycles. The van der Waals surface area contributed by atoms with Crippen LogP contribution < -0.4 is 4.74 Å². The van der Waals surface area contributed by atoms with Gasteiger partial charge in [-0.1, -0.05) is 0 Å². The van der Waals surface area contributed by atoms with Crippen LogP contribution in [0.2, 0.25) is 0 Å². The molecule has 0 aliphatic carbocycles. The van der Waals surface area contributed by atoms with Gasteiger partial charge in [0.1, 0.15) is 5.75 Å². The molecule has 1 atom stereocenters. The Morgan fingerprint density at radius 3 is 2.75 bits per heavy atom. The van der Waals surface area contributed by atoms with Crippen LogP contribution >= 0.6 is 11.6 Å². The largest absolute Gasteiger partial charge is 0.435 e. The van der Waals surface area contributed by atoms with Crippen molar-refractivity contribution in [1.82, 2.24) is 4.90 Å². The number of benzene rings is 1.